The van der Waals surface area contributed by atoms with Crippen molar-refractivity contribution in [3.05, 3.63) is 85.0 Å². The molecule has 170 valence electrons. The number of nitrogens with zero attached hydrogens (tertiary/aromatic N) is 3. The fourth-order valence-corrected chi connectivity index (χ4v) is 6.49. The third-order valence-electron chi connectivity index (χ3n) is 6.48. The molecule has 1 atom stereocenters. The Bertz CT molecular complexity index is 1200. The molecule has 0 radical (unpaired) electrons. The quantitative estimate of drug-likeness (QED) is 0.520. The van der Waals surface area contributed by atoms with E-state index in [4.69, 9.17) is 4.74 Å². The van der Waals surface area contributed by atoms with Crippen molar-refractivity contribution in [3.8, 4) is 17.9 Å². The number of benzene rings is 2. The highest BCUT2D eigenvalue weighted by Crippen LogP contribution is 2.61. The van der Waals surface area contributed by atoms with Crippen LogP contribution in [-0.2, 0) is 10.0 Å². The van der Waals surface area contributed by atoms with Crippen molar-refractivity contribution in [1.29, 1.82) is 10.5 Å². The van der Waals surface area contributed by atoms with Crippen LogP contribution in [0.15, 0.2) is 78.7 Å². The molecule has 1 heterocycles. The third kappa shape index (κ3) is 3.84. The molecule has 33 heavy (non-hydrogen) atoms. The topological polar surface area (TPSA) is 94.2 Å². The number of aryl methyl sites for hydroxylation is 1. The van der Waals surface area contributed by atoms with Gasteiger partial charge in [-0.15, -0.1) is 13.2 Å². The molecule has 7 heteroatoms. The van der Waals surface area contributed by atoms with Crippen molar-refractivity contribution in [3.63, 3.8) is 0 Å². The fraction of sp³-hybridized carbons (Fsp3) is 0.308. The van der Waals surface area contributed by atoms with Crippen LogP contribution >= 0.6 is 0 Å². The molecule has 0 spiro atoms. The summed E-state index contributed by atoms with van der Waals surface area (Å²) in [5, 5.41) is 20.9. The highest BCUT2D eigenvalue weighted by atomic mass is 32.2. The molecule has 0 saturated carbocycles. The molecular weight excluding hydrogens is 434 g/mol. The summed E-state index contributed by atoms with van der Waals surface area (Å²) in [7, 11) is -2.50. The fourth-order valence-electron chi connectivity index (χ4n) is 4.76. The molecule has 1 fully saturated rings. The van der Waals surface area contributed by atoms with Crippen LogP contribution in [0.3, 0.4) is 0 Å². The maximum atomic E-state index is 13.9. The number of allylic oxidation sites excluding steroid dienone is 2. The minimum atomic E-state index is -4.04. The lowest BCUT2D eigenvalue weighted by Crippen LogP contribution is -2.40. The van der Waals surface area contributed by atoms with Crippen molar-refractivity contribution in [1.82, 2.24) is 4.31 Å². The summed E-state index contributed by atoms with van der Waals surface area (Å²) in [4.78, 5) is 0.115. The largest absolute Gasteiger partial charge is 0.497 e. The first-order valence-corrected chi connectivity index (χ1v) is 12.0. The van der Waals surface area contributed by atoms with Gasteiger partial charge in [-0.05, 0) is 49.6 Å². The van der Waals surface area contributed by atoms with Crippen LogP contribution in [0.4, 0.5) is 0 Å². The maximum Gasteiger partial charge on any atom is 0.243 e. The zero-order valence-electron chi connectivity index (χ0n) is 18.9. The lowest BCUT2D eigenvalue weighted by molar-refractivity contribution is 0.192. The summed E-state index contributed by atoms with van der Waals surface area (Å²) in [5.41, 5.74) is -1.20. The van der Waals surface area contributed by atoms with E-state index in [9.17, 15) is 18.9 Å². The summed E-state index contributed by atoms with van der Waals surface area (Å²) >= 11 is 0. The molecular formula is C26H27N3O3S. The van der Waals surface area contributed by atoms with E-state index in [2.05, 4.69) is 25.3 Å². The minimum absolute atomic E-state index is 0.0148. The van der Waals surface area contributed by atoms with Gasteiger partial charge in [-0.25, -0.2) is 8.42 Å². The number of nitriles is 2. The molecule has 0 amide bonds. The van der Waals surface area contributed by atoms with Gasteiger partial charge in [-0.3, -0.25) is 0 Å². The van der Waals surface area contributed by atoms with E-state index in [1.807, 2.05) is 6.92 Å². The molecule has 1 saturated heterocycles. The first kappa shape index (κ1) is 24.3. The molecule has 3 rings (SSSR count). The van der Waals surface area contributed by atoms with Crippen molar-refractivity contribution in [2.24, 2.45) is 10.8 Å². The van der Waals surface area contributed by atoms with Gasteiger partial charge in [0, 0.05) is 12.0 Å². The Kier molecular flexibility index (Phi) is 6.78. The summed E-state index contributed by atoms with van der Waals surface area (Å²) in [6, 6.07) is 16.8. The van der Waals surface area contributed by atoms with Crippen molar-refractivity contribution >= 4 is 10.0 Å². The van der Waals surface area contributed by atoms with Gasteiger partial charge in [-0.2, -0.15) is 14.8 Å². The van der Waals surface area contributed by atoms with Crippen molar-refractivity contribution in [2.45, 2.75) is 30.7 Å². The van der Waals surface area contributed by atoms with Crippen LogP contribution in [-0.4, -0.2) is 26.4 Å². The zero-order valence-corrected chi connectivity index (χ0v) is 19.7. The number of sulfonamides is 1. The summed E-state index contributed by atoms with van der Waals surface area (Å²) in [6.45, 7) is 9.51. The Morgan fingerprint density at radius 2 is 1.61 bits per heavy atom. The molecule has 0 N–H and O–H groups in total. The van der Waals surface area contributed by atoms with Gasteiger partial charge in [0.25, 0.3) is 0 Å². The molecule has 1 aliphatic rings. The normalized spacial score (nSPS) is 19.2. The van der Waals surface area contributed by atoms with E-state index in [0.29, 0.717) is 11.3 Å². The van der Waals surface area contributed by atoms with E-state index in [0.717, 1.165) is 5.56 Å². The van der Waals surface area contributed by atoms with Gasteiger partial charge in [0.05, 0.1) is 30.2 Å². The van der Waals surface area contributed by atoms with E-state index < -0.39 is 26.9 Å². The molecule has 6 nitrogen and oxygen atoms in total. The number of hydrogen-bond donors (Lipinski definition) is 0. The van der Waals surface area contributed by atoms with Gasteiger partial charge < -0.3 is 4.74 Å². The van der Waals surface area contributed by atoms with E-state index in [-0.39, 0.29) is 24.3 Å². The molecule has 0 aliphatic carbocycles. The van der Waals surface area contributed by atoms with Crippen LogP contribution < -0.4 is 4.74 Å². The summed E-state index contributed by atoms with van der Waals surface area (Å²) in [6.07, 6.45) is 3.85. The molecule has 0 unspecified atom stereocenters. The second-order valence-electron chi connectivity index (χ2n) is 8.34. The predicted molar refractivity (Wildman–Crippen MR) is 127 cm³/mol. The Balaban J connectivity index is 2.32. The number of methoxy groups -OCH3 is 1. The molecule has 2 aromatic rings. The van der Waals surface area contributed by atoms with Gasteiger partial charge in [-0.1, -0.05) is 42.0 Å². The van der Waals surface area contributed by atoms with Crippen LogP contribution in [0.1, 0.15) is 30.0 Å². The van der Waals surface area contributed by atoms with Gasteiger partial charge in [0.1, 0.15) is 5.75 Å². The van der Waals surface area contributed by atoms with Crippen LogP contribution in [0.25, 0.3) is 0 Å². The summed E-state index contributed by atoms with van der Waals surface area (Å²) in [5.74, 6) is 0.590. The maximum absolute atomic E-state index is 13.9. The lowest BCUT2D eigenvalue weighted by atomic mass is 9.60. The van der Waals surface area contributed by atoms with E-state index in [1.54, 1.807) is 60.7 Å². The minimum Gasteiger partial charge on any atom is -0.497 e. The first-order chi connectivity index (χ1) is 15.7. The number of ether oxygens (including phenoxy) is 1. The summed E-state index contributed by atoms with van der Waals surface area (Å²) < 4.78 is 34.3. The highest BCUT2D eigenvalue weighted by Gasteiger charge is 2.66. The average Bonchev–Trinajstić information content (AvgIpc) is 3.10. The predicted octanol–water partition coefficient (Wildman–Crippen LogP) is 4.92. The Morgan fingerprint density at radius 1 is 1.06 bits per heavy atom. The van der Waals surface area contributed by atoms with Gasteiger partial charge in [0.15, 0.2) is 5.41 Å². The van der Waals surface area contributed by atoms with Crippen LogP contribution in [0.5, 0.6) is 5.75 Å². The van der Waals surface area contributed by atoms with Crippen molar-refractivity contribution < 1.29 is 13.2 Å². The monoisotopic (exact) mass is 461 g/mol. The third-order valence-corrected chi connectivity index (χ3v) is 8.30. The first-order valence-electron chi connectivity index (χ1n) is 10.5. The number of hydrogen-bond acceptors (Lipinski definition) is 5. The van der Waals surface area contributed by atoms with Crippen LogP contribution in [0.2, 0.25) is 0 Å². The Labute approximate surface area is 196 Å². The van der Waals surface area contributed by atoms with Crippen molar-refractivity contribution in [2.75, 3.05) is 13.7 Å². The smallest absolute Gasteiger partial charge is 0.243 e. The second kappa shape index (κ2) is 9.23. The SMILES string of the molecule is C=CCC1(CC=C)CN(S(=O)(=O)c2ccc(C)cc2)[C@H](c2ccc(OC)cc2)C1(C#N)C#N. The zero-order chi connectivity index (χ0) is 24.3. The number of rotatable bonds is 8. The standard InChI is InChI=1S/C26H27N3O3S/c1-5-15-25(16-6-2)19-29(33(30,31)23-13-7-20(3)8-14-23)24(26(25,17-27)18-28)21-9-11-22(32-4)12-10-21/h5-14,24H,1-2,15-16,19H2,3-4H3/t24-/m1/s1. The average molecular weight is 462 g/mol. The lowest BCUT2D eigenvalue weighted by Gasteiger charge is -2.37. The van der Waals surface area contributed by atoms with Gasteiger partial charge >= 0.3 is 0 Å². The second-order valence-corrected chi connectivity index (χ2v) is 10.2. The molecule has 0 bridgehead atoms. The van der Waals surface area contributed by atoms with Crippen LogP contribution in [0, 0.1) is 40.4 Å². The van der Waals surface area contributed by atoms with Gasteiger partial charge in [0.2, 0.25) is 10.0 Å². The molecule has 2 aromatic carbocycles. The highest BCUT2D eigenvalue weighted by molar-refractivity contribution is 7.89. The van der Waals surface area contributed by atoms with E-state index in [1.165, 1.54) is 11.4 Å². The van der Waals surface area contributed by atoms with E-state index >= 15 is 0 Å². The molecule has 0 aromatic heterocycles. The Morgan fingerprint density at radius 3 is 2.06 bits per heavy atom. The molecule has 1 aliphatic heterocycles. The Hall–Kier alpha value is -3.39.